The molecule has 110 valence electrons. The highest BCUT2D eigenvalue weighted by atomic mass is 19.1. The van der Waals surface area contributed by atoms with E-state index in [0.29, 0.717) is 11.5 Å². The van der Waals surface area contributed by atoms with Crippen LogP contribution in [0.15, 0.2) is 42.5 Å². The van der Waals surface area contributed by atoms with Crippen LogP contribution in [0.25, 0.3) is 0 Å². The number of hydrogen-bond acceptors (Lipinski definition) is 1. The van der Waals surface area contributed by atoms with Gasteiger partial charge in [0, 0.05) is 11.6 Å². The number of hydrogen-bond donors (Lipinski definition) is 1. The van der Waals surface area contributed by atoms with Crippen molar-refractivity contribution in [2.45, 2.75) is 20.3 Å². The molecule has 2 nitrogen and oxygen atoms in total. The molecule has 0 aliphatic carbocycles. The van der Waals surface area contributed by atoms with Crippen LogP contribution >= 0.6 is 0 Å². The largest absolute Gasteiger partial charge is 0.319 e. The molecule has 0 saturated heterocycles. The van der Waals surface area contributed by atoms with Crippen molar-refractivity contribution in [1.82, 2.24) is 0 Å². The minimum Gasteiger partial charge on any atom is -0.319 e. The van der Waals surface area contributed by atoms with Crippen molar-refractivity contribution in [2.75, 3.05) is 5.32 Å². The van der Waals surface area contributed by atoms with Crippen LogP contribution in [0, 0.1) is 17.6 Å². The summed E-state index contributed by atoms with van der Waals surface area (Å²) in [6, 6.07) is 10.2. The van der Waals surface area contributed by atoms with E-state index < -0.39 is 17.5 Å². The van der Waals surface area contributed by atoms with Crippen LogP contribution in [0.1, 0.15) is 29.8 Å². The lowest BCUT2D eigenvalue weighted by Crippen LogP contribution is -2.13. The van der Waals surface area contributed by atoms with E-state index in [1.807, 2.05) is 12.1 Å². The van der Waals surface area contributed by atoms with Gasteiger partial charge in [-0.15, -0.1) is 0 Å². The number of nitrogens with one attached hydrogen (secondary N) is 1. The molecule has 1 N–H and O–H groups in total. The first-order valence-electron chi connectivity index (χ1n) is 6.81. The molecule has 0 radical (unpaired) electrons. The summed E-state index contributed by atoms with van der Waals surface area (Å²) in [6.45, 7) is 4.25. The smallest absolute Gasteiger partial charge is 0.255 e. The van der Waals surface area contributed by atoms with Gasteiger partial charge in [-0.25, -0.2) is 8.78 Å². The molecule has 21 heavy (non-hydrogen) atoms. The summed E-state index contributed by atoms with van der Waals surface area (Å²) in [5, 5.41) is 2.43. The van der Waals surface area contributed by atoms with E-state index in [0.717, 1.165) is 24.1 Å². The number of benzene rings is 2. The topological polar surface area (TPSA) is 29.1 Å². The van der Waals surface area contributed by atoms with Crippen LogP contribution in [0.3, 0.4) is 0 Å². The van der Waals surface area contributed by atoms with Crippen molar-refractivity contribution in [1.29, 1.82) is 0 Å². The highest BCUT2D eigenvalue weighted by molar-refractivity contribution is 6.04. The fourth-order valence-electron chi connectivity index (χ4n) is 2.05. The summed E-state index contributed by atoms with van der Waals surface area (Å²) in [4.78, 5) is 12.0. The van der Waals surface area contributed by atoms with Gasteiger partial charge in [-0.05, 0) is 42.2 Å². The quantitative estimate of drug-likeness (QED) is 0.887. The van der Waals surface area contributed by atoms with E-state index in [-0.39, 0.29) is 5.69 Å². The third-order valence-electron chi connectivity index (χ3n) is 3.04. The van der Waals surface area contributed by atoms with Crippen LogP contribution in [0.5, 0.6) is 0 Å². The fraction of sp³-hybridized carbons (Fsp3) is 0.235. The Morgan fingerprint density at radius 3 is 2.33 bits per heavy atom. The standard InChI is InChI=1S/C17H17F2NO/c1-11(2)9-12-3-5-13(6-4-12)17(21)20-16-8-7-14(18)10-15(16)19/h3-8,10-11H,9H2,1-2H3,(H,20,21). The lowest BCUT2D eigenvalue weighted by atomic mass is 10.0. The minimum atomic E-state index is -0.792. The minimum absolute atomic E-state index is 0.0346. The maximum absolute atomic E-state index is 13.5. The van der Waals surface area contributed by atoms with E-state index in [1.54, 1.807) is 12.1 Å². The Kier molecular flexibility index (Phi) is 4.68. The van der Waals surface area contributed by atoms with Gasteiger partial charge in [-0.3, -0.25) is 4.79 Å². The van der Waals surface area contributed by atoms with E-state index >= 15 is 0 Å². The zero-order valence-electron chi connectivity index (χ0n) is 12.0. The second-order valence-corrected chi connectivity index (χ2v) is 5.37. The number of anilines is 1. The van der Waals surface area contributed by atoms with Gasteiger partial charge < -0.3 is 5.32 Å². The zero-order chi connectivity index (χ0) is 15.4. The maximum atomic E-state index is 13.5. The monoisotopic (exact) mass is 289 g/mol. The molecule has 1 amide bonds. The normalized spacial score (nSPS) is 10.7. The third kappa shape index (κ3) is 4.12. The number of carbonyl (C=O) groups is 1. The van der Waals surface area contributed by atoms with Crippen molar-refractivity contribution >= 4 is 11.6 Å². The van der Waals surface area contributed by atoms with Gasteiger partial charge >= 0.3 is 0 Å². The predicted molar refractivity (Wildman–Crippen MR) is 79.3 cm³/mol. The predicted octanol–water partition coefficient (Wildman–Crippen LogP) is 4.42. The Morgan fingerprint density at radius 2 is 1.76 bits per heavy atom. The highest BCUT2D eigenvalue weighted by Gasteiger charge is 2.10. The van der Waals surface area contributed by atoms with Gasteiger partial charge in [-0.1, -0.05) is 26.0 Å². The zero-order valence-corrected chi connectivity index (χ0v) is 12.0. The molecule has 0 aliphatic heterocycles. The van der Waals surface area contributed by atoms with Gasteiger partial charge in [0.2, 0.25) is 0 Å². The van der Waals surface area contributed by atoms with Crippen LogP contribution < -0.4 is 5.32 Å². The summed E-state index contributed by atoms with van der Waals surface area (Å²) in [6.07, 6.45) is 0.939. The van der Waals surface area contributed by atoms with Gasteiger partial charge in [0.25, 0.3) is 5.91 Å². The number of amides is 1. The van der Waals surface area contributed by atoms with Crippen molar-refractivity contribution in [2.24, 2.45) is 5.92 Å². The first kappa shape index (κ1) is 15.2. The Hall–Kier alpha value is -2.23. The summed E-state index contributed by atoms with van der Waals surface area (Å²) in [5.74, 6) is -1.35. The van der Waals surface area contributed by atoms with Crippen molar-refractivity contribution in [3.8, 4) is 0 Å². The molecule has 0 spiro atoms. The summed E-state index contributed by atoms with van der Waals surface area (Å²) in [7, 11) is 0. The van der Waals surface area contributed by atoms with E-state index in [1.165, 1.54) is 6.07 Å². The molecule has 0 heterocycles. The van der Waals surface area contributed by atoms with Crippen molar-refractivity contribution in [3.05, 3.63) is 65.2 Å². The molecule has 0 aliphatic rings. The molecule has 2 rings (SSSR count). The van der Waals surface area contributed by atoms with Gasteiger partial charge in [0.15, 0.2) is 0 Å². The number of carbonyl (C=O) groups excluding carboxylic acids is 1. The second-order valence-electron chi connectivity index (χ2n) is 5.37. The molecule has 0 fully saturated rings. The SMILES string of the molecule is CC(C)Cc1ccc(C(=O)Nc2ccc(F)cc2F)cc1. The molecular weight excluding hydrogens is 272 g/mol. The van der Waals surface area contributed by atoms with E-state index in [4.69, 9.17) is 0 Å². The molecule has 0 saturated carbocycles. The molecule has 2 aromatic carbocycles. The highest BCUT2D eigenvalue weighted by Crippen LogP contribution is 2.17. The summed E-state index contributed by atoms with van der Waals surface area (Å²) >= 11 is 0. The summed E-state index contributed by atoms with van der Waals surface area (Å²) < 4.78 is 26.3. The average Bonchev–Trinajstić information content (AvgIpc) is 2.42. The Bertz CT molecular complexity index is 636. The lowest BCUT2D eigenvalue weighted by molar-refractivity contribution is 0.102. The third-order valence-corrected chi connectivity index (χ3v) is 3.04. The first-order valence-corrected chi connectivity index (χ1v) is 6.81. The van der Waals surface area contributed by atoms with E-state index in [2.05, 4.69) is 19.2 Å². The van der Waals surface area contributed by atoms with Crippen LogP contribution in [-0.4, -0.2) is 5.91 Å². The first-order chi connectivity index (χ1) is 9.95. The number of halogens is 2. The maximum Gasteiger partial charge on any atom is 0.255 e. The molecule has 0 unspecified atom stereocenters. The summed E-state index contributed by atoms with van der Waals surface area (Å²) in [5.41, 5.74) is 1.55. The van der Waals surface area contributed by atoms with Crippen LogP contribution in [0.4, 0.5) is 14.5 Å². The molecular formula is C17H17F2NO. The van der Waals surface area contributed by atoms with Crippen LogP contribution in [-0.2, 0) is 6.42 Å². The van der Waals surface area contributed by atoms with Crippen LogP contribution in [0.2, 0.25) is 0 Å². The Balaban J connectivity index is 2.09. The van der Waals surface area contributed by atoms with Crippen molar-refractivity contribution < 1.29 is 13.6 Å². The Labute approximate surface area is 122 Å². The van der Waals surface area contributed by atoms with Crippen molar-refractivity contribution in [3.63, 3.8) is 0 Å². The molecule has 0 atom stereocenters. The van der Waals surface area contributed by atoms with Gasteiger partial charge in [0.1, 0.15) is 11.6 Å². The van der Waals surface area contributed by atoms with Gasteiger partial charge in [-0.2, -0.15) is 0 Å². The Morgan fingerprint density at radius 1 is 1.10 bits per heavy atom. The molecule has 4 heteroatoms. The molecule has 0 aromatic heterocycles. The molecule has 0 bridgehead atoms. The van der Waals surface area contributed by atoms with Gasteiger partial charge in [0.05, 0.1) is 5.69 Å². The second kappa shape index (κ2) is 6.48. The average molecular weight is 289 g/mol. The fourth-order valence-corrected chi connectivity index (χ4v) is 2.05. The molecule has 2 aromatic rings. The number of rotatable bonds is 4. The lowest BCUT2D eigenvalue weighted by Gasteiger charge is -2.08. The van der Waals surface area contributed by atoms with E-state index in [9.17, 15) is 13.6 Å².